The second-order valence-electron chi connectivity index (χ2n) is 8.34. The number of primary amides is 1. The number of hydrogen-bond acceptors (Lipinski definition) is 4. The van der Waals surface area contributed by atoms with Crippen LogP contribution in [0.2, 0.25) is 0 Å². The first kappa shape index (κ1) is 22.0. The summed E-state index contributed by atoms with van der Waals surface area (Å²) in [5.74, 6) is -0.474. The number of amides is 1. The number of rotatable bonds is 5. The van der Waals surface area contributed by atoms with E-state index in [1.54, 1.807) is 6.07 Å². The highest BCUT2D eigenvalue weighted by Crippen LogP contribution is 2.34. The summed E-state index contributed by atoms with van der Waals surface area (Å²) < 4.78 is 25.4. The van der Waals surface area contributed by atoms with E-state index in [4.69, 9.17) is 5.73 Å². The van der Waals surface area contributed by atoms with Crippen LogP contribution in [-0.2, 0) is 23.0 Å². The van der Waals surface area contributed by atoms with Crippen LogP contribution in [0.4, 0.5) is 11.4 Å². The zero-order chi connectivity index (χ0) is 23.0. The van der Waals surface area contributed by atoms with E-state index in [0.29, 0.717) is 25.1 Å². The van der Waals surface area contributed by atoms with E-state index in [1.165, 1.54) is 10.6 Å². The maximum absolute atomic E-state index is 12.2. The maximum Gasteiger partial charge on any atom is 0.249 e. The molecule has 0 saturated heterocycles. The van der Waals surface area contributed by atoms with Crippen molar-refractivity contribution in [1.82, 2.24) is 4.31 Å². The van der Waals surface area contributed by atoms with Crippen LogP contribution in [0.1, 0.15) is 32.6 Å². The van der Waals surface area contributed by atoms with Crippen molar-refractivity contribution in [2.24, 2.45) is 5.73 Å². The van der Waals surface area contributed by atoms with Gasteiger partial charge in [-0.25, -0.2) is 8.42 Å². The van der Waals surface area contributed by atoms with Crippen molar-refractivity contribution in [2.45, 2.75) is 26.8 Å². The Labute approximate surface area is 189 Å². The standard InChI is InChI=1S/C25H27N3O3S/c1-16-7-9-18(10-8-16)22-13-20(14-23(17(22)2)25(26)29)27-24-6-4-5-19-15-28(32(3,30)31)12-11-21(19)24/h4-10,13-14,27H,11-12,15H2,1-3H3,(H2,26,29). The minimum Gasteiger partial charge on any atom is -0.366 e. The van der Waals surface area contributed by atoms with Gasteiger partial charge in [-0.2, -0.15) is 4.31 Å². The van der Waals surface area contributed by atoms with Gasteiger partial charge < -0.3 is 11.1 Å². The summed E-state index contributed by atoms with van der Waals surface area (Å²) in [6.07, 6.45) is 1.86. The topological polar surface area (TPSA) is 92.5 Å². The SMILES string of the molecule is Cc1ccc(-c2cc(Nc3cccc4c3CCN(S(C)(=O)=O)C4)cc(C(N)=O)c2C)cc1. The molecule has 0 atom stereocenters. The zero-order valence-corrected chi connectivity index (χ0v) is 19.3. The van der Waals surface area contributed by atoms with Gasteiger partial charge in [0.2, 0.25) is 15.9 Å². The summed E-state index contributed by atoms with van der Waals surface area (Å²) in [7, 11) is -3.24. The molecular formula is C25H27N3O3S. The van der Waals surface area contributed by atoms with Crippen LogP contribution in [0, 0.1) is 13.8 Å². The highest BCUT2D eigenvalue weighted by atomic mass is 32.2. The van der Waals surface area contributed by atoms with E-state index in [2.05, 4.69) is 5.32 Å². The van der Waals surface area contributed by atoms with Crippen molar-refractivity contribution < 1.29 is 13.2 Å². The molecule has 3 N–H and O–H groups in total. The molecule has 166 valence electrons. The number of aryl methyl sites for hydroxylation is 1. The van der Waals surface area contributed by atoms with Crippen LogP contribution >= 0.6 is 0 Å². The molecule has 0 unspecified atom stereocenters. The Kier molecular flexibility index (Phi) is 5.79. The molecule has 1 heterocycles. The molecule has 4 rings (SSSR count). The number of anilines is 2. The van der Waals surface area contributed by atoms with Gasteiger partial charge in [-0.3, -0.25) is 4.79 Å². The molecule has 0 fully saturated rings. The number of nitrogens with zero attached hydrogens (tertiary/aromatic N) is 1. The normalized spacial score (nSPS) is 14.1. The van der Waals surface area contributed by atoms with Crippen molar-refractivity contribution in [3.8, 4) is 11.1 Å². The van der Waals surface area contributed by atoms with Gasteiger partial charge in [0.25, 0.3) is 0 Å². The number of carbonyl (C=O) groups excluding carboxylic acids is 1. The van der Waals surface area contributed by atoms with Crippen LogP contribution in [0.25, 0.3) is 11.1 Å². The molecule has 0 saturated carbocycles. The van der Waals surface area contributed by atoms with Gasteiger partial charge >= 0.3 is 0 Å². The maximum atomic E-state index is 12.2. The fraction of sp³-hybridized carbons (Fsp3) is 0.240. The summed E-state index contributed by atoms with van der Waals surface area (Å²) in [4.78, 5) is 12.2. The Balaban J connectivity index is 1.74. The van der Waals surface area contributed by atoms with Gasteiger partial charge in [-0.05, 0) is 66.3 Å². The van der Waals surface area contributed by atoms with Crippen LogP contribution < -0.4 is 11.1 Å². The Morgan fingerprint density at radius 2 is 1.78 bits per heavy atom. The molecule has 7 heteroatoms. The van der Waals surface area contributed by atoms with Gasteiger partial charge in [0.05, 0.1) is 6.26 Å². The van der Waals surface area contributed by atoms with Crippen LogP contribution in [0.5, 0.6) is 0 Å². The van der Waals surface area contributed by atoms with Crippen LogP contribution in [0.15, 0.2) is 54.6 Å². The Morgan fingerprint density at radius 3 is 2.44 bits per heavy atom. The van der Waals surface area contributed by atoms with E-state index < -0.39 is 15.9 Å². The highest BCUT2D eigenvalue weighted by Gasteiger charge is 2.24. The third kappa shape index (κ3) is 4.40. The molecule has 3 aromatic carbocycles. The van der Waals surface area contributed by atoms with Crippen molar-refractivity contribution >= 4 is 27.3 Å². The fourth-order valence-corrected chi connectivity index (χ4v) is 5.01. The first-order chi connectivity index (χ1) is 15.1. The lowest BCUT2D eigenvalue weighted by molar-refractivity contribution is 0.1000. The molecule has 0 aliphatic carbocycles. The van der Waals surface area contributed by atoms with Crippen molar-refractivity contribution in [3.63, 3.8) is 0 Å². The quantitative estimate of drug-likeness (QED) is 0.613. The minimum atomic E-state index is -3.24. The lowest BCUT2D eigenvalue weighted by Crippen LogP contribution is -2.35. The van der Waals surface area contributed by atoms with Gasteiger partial charge in [0.15, 0.2) is 0 Å². The Morgan fingerprint density at radius 1 is 1.06 bits per heavy atom. The van der Waals surface area contributed by atoms with E-state index in [1.807, 2.05) is 62.4 Å². The smallest absolute Gasteiger partial charge is 0.249 e. The molecule has 1 aliphatic rings. The first-order valence-electron chi connectivity index (χ1n) is 10.5. The zero-order valence-electron chi connectivity index (χ0n) is 18.5. The Hall–Kier alpha value is -3.16. The third-order valence-corrected chi connectivity index (χ3v) is 7.26. The predicted octanol–water partition coefficient (Wildman–Crippen LogP) is 4.13. The van der Waals surface area contributed by atoms with E-state index in [-0.39, 0.29) is 0 Å². The lowest BCUT2D eigenvalue weighted by Gasteiger charge is -2.28. The predicted molar refractivity (Wildman–Crippen MR) is 129 cm³/mol. The van der Waals surface area contributed by atoms with Crippen molar-refractivity contribution in [2.75, 3.05) is 18.1 Å². The summed E-state index contributed by atoms with van der Waals surface area (Å²) in [6, 6.07) is 17.8. The second kappa shape index (κ2) is 8.41. The first-order valence-corrected chi connectivity index (χ1v) is 12.3. The van der Waals surface area contributed by atoms with E-state index in [0.717, 1.165) is 44.8 Å². The summed E-state index contributed by atoms with van der Waals surface area (Å²) in [5.41, 5.74) is 13.8. The molecule has 0 spiro atoms. The summed E-state index contributed by atoms with van der Waals surface area (Å²) in [5, 5.41) is 3.45. The van der Waals surface area contributed by atoms with Crippen LogP contribution in [-0.4, -0.2) is 31.4 Å². The van der Waals surface area contributed by atoms with Gasteiger partial charge in [-0.15, -0.1) is 0 Å². The van der Waals surface area contributed by atoms with Gasteiger partial charge in [-0.1, -0.05) is 42.0 Å². The summed E-state index contributed by atoms with van der Waals surface area (Å²) in [6.45, 7) is 4.74. The summed E-state index contributed by atoms with van der Waals surface area (Å²) >= 11 is 0. The molecule has 0 radical (unpaired) electrons. The molecule has 1 amide bonds. The number of benzene rings is 3. The Bertz CT molecular complexity index is 1300. The number of carbonyl (C=O) groups is 1. The lowest BCUT2D eigenvalue weighted by atomic mass is 9.94. The number of nitrogens with one attached hydrogen (secondary N) is 1. The second-order valence-corrected chi connectivity index (χ2v) is 10.3. The minimum absolute atomic E-state index is 0.360. The van der Waals surface area contributed by atoms with Crippen LogP contribution in [0.3, 0.4) is 0 Å². The van der Waals surface area contributed by atoms with Gasteiger partial charge in [0, 0.05) is 30.0 Å². The molecule has 0 aromatic heterocycles. The van der Waals surface area contributed by atoms with Crippen molar-refractivity contribution in [3.05, 3.63) is 82.4 Å². The monoisotopic (exact) mass is 449 g/mol. The number of fused-ring (bicyclic) bond motifs is 1. The molecular weight excluding hydrogens is 422 g/mol. The molecule has 3 aromatic rings. The van der Waals surface area contributed by atoms with Gasteiger partial charge in [0.1, 0.15) is 0 Å². The average Bonchev–Trinajstić information content (AvgIpc) is 2.74. The number of nitrogens with two attached hydrogens (primary N) is 1. The third-order valence-electron chi connectivity index (χ3n) is 6.01. The molecule has 6 nitrogen and oxygen atoms in total. The highest BCUT2D eigenvalue weighted by molar-refractivity contribution is 7.88. The van der Waals surface area contributed by atoms with E-state index in [9.17, 15) is 13.2 Å². The van der Waals surface area contributed by atoms with Crippen molar-refractivity contribution in [1.29, 1.82) is 0 Å². The molecule has 1 aliphatic heterocycles. The fourth-order valence-electron chi connectivity index (χ4n) is 4.21. The largest absolute Gasteiger partial charge is 0.366 e. The average molecular weight is 450 g/mol. The molecule has 0 bridgehead atoms. The number of sulfonamides is 1. The molecule has 32 heavy (non-hydrogen) atoms. The number of hydrogen-bond donors (Lipinski definition) is 2. The van der Waals surface area contributed by atoms with E-state index >= 15 is 0 Å².